The lowest BCUT2D eigenvalue weighted by Crippen LogP contribution is -2.06. The molecule has 2 N–H and O–H groups in total. The van der Waals surface area contributed by atoms with Crippen molar-refractivity contribution >= 4 is 38.7 Å². The zero-order valence-corrected chi connectivity index (χ0v) is 14.2. The molecule has 0 bridgehead atoms. The van der Waals surface area contributed by atoms with Gasteiger partial charge in [0.25, 0.3) is 0 Å². The summed E-state index contributed by atoms with van der Waals surface area (Å²) in [6, 6.07) is 10.5. The summed E-state index contributed by atoms with van der Waals surface area (Å²) < 4.78 is 24.3. The first kappa shape index (κ1) is 15.6. The van der Waals surface area contributed by atoms with E-state index in [1.54, 1.807) is 37.4 Å². The molecule has 4 rings (SSSR count). The fraction of sp³-hybridized carbons (Fsp3) is 0.111. The van der Waals surface area contributed by atoms with E-state index in [2.05, 4.69) is 15.2 Å². The van der Waals surface area contributed by atoms with E-state index in [9.17, 15) is 13.5 Å². The van der Waals surface area contributed by atoms with E-state index in [1.165, 1.54) is 0 Å². The van der Waals surface area contributed by atoms with Crippen LogP contribution in [-0.4, -0.2) is 24.3 Å². The lowest BCUT2D eigenvalue weighted by molar-refractivity contribution is 0.457. The maximum atomic E-state index is 12.1. The van der Waals surface area contributed by atoms with Crippen molar-refractivity contribution in [2.75, 3.05) is 5.75 Å². The maximum absolute atomic E-state index is 12.1. The van der Waals surface area contributed by atoms with Crippen molar-refractivity contribution in [3.8, 4) is 5.88 Å². The second-order valence-corrected chi connectivity index (χ2v) is 8.08. The van der Waals surface area contributed by atoms with Gasteiger partial charge in [0.1, 0.15) is 0 Å². The molecular formula is C18H15N3O3S. The molecule has 25 heavy (non-hydrogen) atoms. The Kier molecular flexibility index (Phi) is 3.47. The molecule has 0 amide bonds. The van der Waals surface area contributed by atoms with Crippen molar-refractivity contribution in [1.82, 2.24) is 4.98 Å². The van der Waals surface area contributed by atoms with Crippen LogP contribution in [0.5, 0.6) is 5.88 Å². The van der Waals surface area contributed by atoms with E-state index < -0.39 is 9.84 Å². The summed E-state index contributed by atoms with van der Waals surface area (Å²) in [4.78, 5) is 3.12. The minimum Gasteiger partial charge on any atom is -0.494 e. The molecular weight excluding hydrogens is 338 g/mol. The summed E-state index contributed by atoms with van der Waals surface area (Å²) in [7, 11) is -3.32. The van der Waals surface area contributed by atoms with Gasteiger partial charge in [-0.15, -0.1) is 0 Å². The van der Waals surface area contributed by atoms with E-state index in [4.69, 9.17) is 0 Å². The molecule has 2 heterocycles. The number of nitrogens with zero attached hydrogens (tertiary/aromatic N) is 2. The molecule has 0 atom stereocenters. The number of rotatable bonds is 3. The fourth-order valence-corrected chi connectivity index (χ4v) is 3.76. The van der Waals surface area contributed by atoms with Crippen molar-refractivity contribution in [2.45, 2.75) is 11.8 Å². The van der Waals surface area contributed by atoms with Crippen LogP contribution in [0.2, 0.25) is 0 Å². The van der Waals surface area contributed by atoms with Gasteiger partial charge in [0.15, 0.2) is 15.7 Å². The number of hydrogen-bond acceptors (Lipinski definition) is 5. The van der Waals surface area contributed by atoms with Gasteiger partial charge in [0.2, 0.25) is 0 Å². The van der Waals surface area contributed by atoms with Crippen LogP contribution in [0, 0.1) is 0 Å². The number of aromatic hydroxyl groups is 1. The molecule has 3 aromatic rings. The number of fused-ring (bicyclic) bond motifs is 2. The van der Waals surface area contributed by atoms with Crippen LogP contribution in [0.4, 0.5) is 5.69 Å². The molecule has 0 saturated heterocycles. The average molecular weight is 353 g/mol. The first-order valence-corrected chi connectivity index (χ1v) is 9.43. The molecule has 1 aliphatic rings. The SMILES string of the molecule is CCS(=O)(=O)c1ccc2[nH]c(O)c(/C=c3\ccc4c(c3)N=NC=4)c2c1. The van der Waals surface area contributed by atoms with Gasteiger partial charge < -0.3 is 10.1 Å². The minimum absolute atomic E-state index is 0.00488. The molecule has 0 fully saturated rings. The van der Waals surface area contributed by atoms with Gasteiger partial charge in [-0.25, -0.2) is 8.42 Å². The predicted octanol–water partition coefficient (Wildman–Crippen LogP) is 2.33. The van der Waals surface area contributed by atoms with Crippen LogP contribution >= 0.6 is 0 Å². The van der Waals surface area contributed by atoms with Crippen LogP contribution < -0.4 is 10.4 Å². The third kappa shape index (κ3) is 2.62. The molecule has 0 spiro atoms. The van der Waals surface area contributed by atoms with Crippen molar-refractivity contribution in [3.05, 3.63) is 52.4 Å². The molecule has 0 aliphatic carbocycles. The highest BCUT2D eigenvalue weighted by Gasteiger charge is 2.15. The zero-order chi connectivity index (χ0) is 17.6. The van der Waals surface area contributed by atoms with Crippen LogP contribution in [-0.2, 0) is 9.84 Å². The quantitative estimate of drug-likeness (QED) is 0.756. The second kappa shape index (κ2) is 5.56. The van der Waals surface area contributed by atoms with Gasteiger partial charge in [-0.2, -0.15) is 10.2 Å². The first-order chi connectivity index (χ1) is 12.0. The van der Waals surface area contributed by atoms with E-state index >= 15 is 0 Å². The molecule has 6 nitrogen and oxygen atoms in total. The summed E-state index contributed by atoms with van der Waals surface area (Å²) in [6.45, 7) is 1.61. The highest BCUT2D eigenvalue weighted by Crippen LogP contribution is 2.30. The fourth-order valence-electron chi connectivity index (χ4n) is 2.85. The molecule has 0 unspecified atom stereocenters. The number of aromatic amines is 1. The Labute approximate surface area is 143 Å². The van der Waals surface area contributed by atoms with Crippen molar-refractivity contribution in [2.24, 2.45) is 10.2 Å². The largest absolute Gasteiger partial charge is 0.494 e. The maximum Gasteiger partial charge on any atom is 0.196 e. The van der Waals surface area contributed by atoms with Gasteiger partial charge in [-0.05, 0) is 35.6 Å². The van der Waals surface area contributed by atoms with E-state index in [1.807, 2.05) is 18.2 Å². The molecule has 0 saturated carbocycles. The summed E-state index contributed by atoms with van der Waals surface area (Å²) in [5, 5.41) is 20.6. The topological polar surface area (TPSA) is 94.9 Å². The third-order valence-electron chi connectivity index (χ3n) is 4.26. The Morgan fingerprint density at radius 1 is 1.20 bits per heavy atom. The van der Waals surface area contributed by atoms with Crippen LogP contribution in [0.3, 0.4) is 0 Å². The Morgan fingerprint density at radius 2 is 2.04 bits per heavy atom. The Balaban J connectivity index is 1.94. The molecule has 1 aromatic heterocycles. The highest BCUT2D eigenvalue weighted by molar-refractivity contribution is 7.91. The Hall–Kier alpha value is -2.93. The Bertz CT molecular complexity index is 1250. The monoisotopic (exact) mass is 353 g/mol. The summed E-state index contributed by atoms with van der Waals surface area (Å²) in [5.74, 6) is 0.0232. The van der Waals surface area contributed by atoms with Gasteiger partial charge >= 0.3 is 0 Å². The smallest absolute Gasteiger partial charge is 0.196 e. The van der Waals surface area contributed by atoms with Crippen molar-refractivity contribution in [1.29, 1.82) is 0 Å². The number of sulfone groups is 1. The third-order valence-corrected chi connectivity index (χ3v) is 5.99. The average Bonchev–Trinajstić information content (AvgIpc) is 3.19. The number of benzene rings is 2. The predicted molar refractivity (Wildman–Crippen MR) is 95.9 cm³/mol. The number of hydrogen-bond donors (Lipinski definition) is 2. The van der Waals surface area contributed by atoms with Crippen molar-refractivity contribution < 1.29 is 13.5 Å². The summed E-state index contributed by atoms with van der Waals surface area (Å²) in [6.07, 6.45) is 3.48. The Morgan fingerprint density at radius 3 is 2.84 bits per heavy atom. The van der Waals surface area contributed by atoms with Crippen molar-refractivity contribution in [3.63, 3.8) is 0 Å². The molecule has 7 heteroatoms. The molecule has 126 valence electrons. The number of H-pyrrole nitrogens is 1. The number of azo groups is 1. The van der Waals surface area contributed by atoms with Crippen LogP contribution in [0.1, 0.15) is 12.5 Å². The zero-order valence-electron chi connectivity index (χ0n) is 13.4. The second-order valence-electron chi connectivity index (χ2n) is 5.81. The lowest BCUT2D eigenvalue weighted by Gasteiger charge is -2.01. The minimum atomic E-state index is -3.32. The van der Waals surface area contributed by atoms with Gasteiger partial charge in [0, 0.05) is 21.7 Å². The summed E-state index contributed by atoms with van der Waals surface area (Å²) in [5.41, 5.74) is 1.98. The van der Waals surface area contributed by atoms with Crippen LogP contribution in [0.15, 0.2) is 51.5 Å². The first-order valence-electron chi connectivity index (χ1n) is 7.78. The number of aromatic nitrogens is 1. The van der Waals surface area contributed by atoms with Gasteiger partial charge in [0.05, 0.1) is 22.5 Å². The highest BCUT2D eigenvalue weighted by atomic mass is 32.2. The van der Waals surface area contributed by atoms with E-state index in [0.717, 1.165) is 16.1 Å². The van der Waals surface area contributed by atoms with Gasteiger partial charge in [-0.3, -0.25) is 0 Å². The molecule has 0 radical (unpaired) electrons. The van der Waals surface area contributed by atoms with Gasteiger partial charge in [-0.1, -0.05) is 19.1 Å². The number of nitrogens with one attached hydrogen (secondary N) is 1. The summed E-state index contributed by atoms with van der Waals surface area (Å²) >= 11 is 0. The standard InChI is InChI=1S/C18H15N3O3S/c1-2-25(23,24)13-5-6-16-14(9-13)15(18(22)20-16)7-11-3-4-12-10-19-21-17(12)8-11/h3-10,20,22H,2H2,1H3/b11-7+. The van der Waals surface area contributed by atoms with E-state index in [0.29, 0.717) is 16.5 Å². The van der Waals surface area contributed by atoms with E-state index in [-0.39, 0.29) is 16.5 Å². The lowest BCUT2D eigenvalue weighted by atomic mass is 10.1. The normalized spacial score (nSPS) is 14.0. The molecule has 2 aromatic carbocycles. The van der Waals surface area contributed by atoms with Crippen LogP contribution in [0.25, 0.3) is 23.2 Å². The molecule has 1 aliphatic heterocycles.